The zero-order chi connectivity index (χ0) is 12.1. The number of carbonyl (C=O) groups is 1. The van der Waals surface area contributed by atoms with Gasteiger partial charge in [0.15, 0.2) is 0 Å². The molecule has 0 rings (SSSR count). The van der Waals surface area contributed by atoms with Gasteiger partial charge in [0.25, 0.3) is 0 Å². The SMILES string of the molecule is CCC[C@H](N)C[C@@H](CC(=O)O)C(F)(F)F. The van der Waals surface area contributed by atoms with Crippen molar-refractivity contribution in [2.24, 2.45) is 11.7 Å². The molecule has 0 saturated carbocycles. The Morgan fingerprint density at radius 3 is 2.33 bits per heavy atom. The molecule has 0 aliphatic rings. The van der Waals surface area contributed by atoms with Crippen LogP contribution >= 0.6 is 0 Å². The molecule has 6 heteroatoms. The van der Waals surface area contributed by atoms with Crippen LogP contribution in [0.1, 0.15) is 32.6 Å². The first-order chi connectivity index (χ1) is 6.77. The number of hydrogen-bond acceptors (Lipinski definition) is 2. The van der Waals surface area contributed by atoms with E-state index in [1.54, 1.807) is 0 Å². The number of carboxylic acid groups (broad SMARTS) is 1. The Morgan fingerprint density at radius 2 is 2.00 bits per heavy atom. The Balaban J connectivity index is 4.31. The van der Waals surface area contributed by atoms with Gasteiger partial charge in [-0.15, -0.1) is 0 Å². The Bertz CT molecular complexity index is 206. The van der Waals surface area contributed by atoms with Crippen LogP contribution in [-0.4, -0.2) is 23.3 Å². The Kier molecular flexibility index (Phi) is 5.64. The normalized spacial score (nSPS) is 16.1. The van der Waals surface area contributed by atoms with Crippen LogP contribution in [0, 0.1) is 5.92 Å². The van der Waals surface area contributed by atoms with Crippen LogP contribution in [0.25, 0.3) is 0 Å². The van der Waals surface area contributed by atoms with Crippen molar-refractivity contribution in [2.45, 2.75) is 44.8 Å². The van der Waals surface area contributed by atoms with E-state index in [0.29, 0.717) is 12.8 Å². The summed E-state index contributed by atoms with van der Waals surface area (Å²) in [5, 5.41) is 8.35. The van der Waals surface area contributed by atoms with Gasteiger partial charge in [-0.2, -0.15) is 13.2 Å². The maximum Gasteiger partial charge on any atom is 0.392 e. The third-order valence-corrected chi connectivity index (χ3v) is 2.13. The molecule has 0 bridgehead atoms. The van der Waals surface area contributed by atoms with Crippen molar-refractivity contribution in [3.05, 3.63) is 0 Å². The quantitative estimate of drug-likeness (QED) is 0.730. The lowest BCUT2D eigenvalue weighted by atomic mass is 9.94. The van der Waals surface area contributed by atoms with Crippen molar-refractivity contribution >= 4 is 5.97 Å². The number of nitrogens with two attached hydrogens (primary N) is 1. The second kappa shape index (κ2) is 5.95. The minimum Gasteiger partial charge on any atom is -0.481 e. The number of alkyl halides is 3. The molecule has 0 aliphatic carbocycles. The molecule has 0 aromatic heterocycles. The molecule has 0 aliphatic heterocycles. The number of rotatable bonds is 6. The highest BCUT2D eigenvalue weighted by molar-refractivity contribution is 5.67. The second-order valence-corrected chi connectivity index (χ2v) is 3.62. The van der Waals surface area contributed by atoms with Crippen LogP contribution < -0.4 is 5.73 Å². The summed E-state index contributed by atoms with van der Waals surface area (Å²) in [6.45, 7) is 1.82. The van der Waals surface area contributed by atoms with Gasteiger partial charge in [-0.1, -0.05) is 13.3 Å². The Morgan fingerprint density at radius 1 is 1.47 bits per heavy atom. The summed E-state index contributed by atoms with van der Waals surface area (Å²) < 4.78 is 37.1. The monoisotopic (exact) mass is 227 g/mol. The highest BCUT2D eigenvalue weighted by Crippen LogP contribution is 2.32. The third-order valence-electron chi connectivity index (χ3n) is 2.13. The summed E-state index contributed by atoms with van der Waals surface area (Å²) in [7, 11) is 0. The zero-order valence-corrected chi connectivity index (χ0v) is 8.55. The molecule has 0 heterocycles. The molecule has 15 heavy (non-hydrogen) atoms. The number of carboxylic acids is 1. The zero-order valence-electron chi connectivity index (χ0n) is 8.55. The molecule has 0 aromatic rings. The Labute approximate surface area is 86.5 Å². The van der Waals surface area contributed by atoms with E-state index in [0.717, 1.165) is 0 Å². The summed E-state index contributed by atoms with van der Waals surface area (Å²) in [6, 6.07) is -0.582. The lowest BCUT2D eigenvalue weighted by Crippen LogP contribution is -2.32. The maximum absolute atomic E-state index is 12.4. The van der Waals surface area contributed by atoms with Crippen molar-refractivity contribution in [1.29, 1.82) is 0 Å². The fraction of sp³-hybridized carbons (Fsp3) is 0.889. The van der Waals surface area contributed by atoms with Gasteiger partial charge in [-0.05, 0) is 12.8 Å². The van der Waals surface area contributed by atoms with Crippen molar-refractivity contribution in [2.75, 3.05) is 0 Å². The minimum atomic E-state index is -4.48. The van der Waals surface area contributed by atoms with Crippen molar-refractivity contribution in [3.8, 4) is 0 Å². The van der Waals surface area contributed by atoms with Crippen LogP contribution in [0.5, 0.6) is 0 Å². The molecule has 0 saturated heterocycles. The molecule has 90 valence electrons. The molecular formula is C9H16F3NO2. The van der Waals surface area contributed by atoms with Crippen LogP contribution in [0.4, 0.5) is 13.2 Å². The first-order valence-electron chi connectivity index (χ1n) is 4.81. The lowest BCUT2D eigenvalue weighted by Gasteiger charge is -2.21. The number of halogens is 3. The second-order valence-electron chi connectivity index (χ2n) is 3.62. The van der Waals surface area contributed by atoms with Gasteiger partial charge in [0.05, 0.1) is 12.3 Å². The van der Waals surface area contributed by atoms with E-state index >= 15 is 0 Å². The number of aliphatic carboxylic acids is 1. The molecule has 3 nitrogen and oxygen atoms in total. The smallest absolute Gasteiger partial charge is 0.392 e. The standard InChI is InChI=1S/C9H16F3NO2/c1-2-3-7(13)4-6(5-8(14)15)9(10,11)12/h6-7H,2-5,13H2,1H3,(H,14,15)/t6-,7-/m0/s1. The van der Waals surface area contributed by atoms with Crippen LogP contribution in [0.3, 0.4) is 0 Å². The van der Waals surface area contributed by atoms with E-state index in [1.165, 1.54) is 0 Å². The molecule has 0 fully saturated rings. The summed E-state index contributed by atoms with van der Waals surface area (Å²) in [5.41, 5.74) is 5.46. The molecule has 0 radical (unpaired) electrons. The molecule has 0 unspecified atom stereocenters. The fourth-order valence-corrected chi connectivity index (χ4v) is 1.40. The number of hydrogen-bond donors (Lipinski definition) is 2. The van der Waals surface area contributed by atoms with Crippen LogP contribution in [0.15, 0.2) is 0 Å². The highest BCUT2D eigenvalue weighted by Gasteiger charge is 2.41. The predicted molar refractivity (Wildman–Crippen MR) is 49.3 cm³/mol. The predicted octanol–water partition coefficient (Wildman–Crippen LogP) is 2.16. The van der Waals surface area contributed by atoms with Crippen molar-refractivity contribution < 1.29 is 23.1 Å². The van der Waals surface area contributed by atoms with E-state index in [4.69, 9.17) is 10.8 Å². The molecule has 0 spiro atoms. The summed E-state index contributed by atoms with van der Waals surface area (Å²) in [4.78, 5) is 10.3. The van der Waals surface area contributed by atoms with Gasteiger partial charge >= 0.3 is 12.1 Å². The summed E-state index contributed by atoms with van der Waals surface area (Å²) in [5.74, 6) is -3.28. The van der Waals surface area contributed by atoms with Gasteiger partial charge in [0.1, 0.15) is 0 Å². The molecular weight excluding hydrogens is 211 g/mol. The van der Waals surface area contributed by atoms with Gasteiger partial charge in [-0.3, -0.25) is 4.79 Å². The molecule has 0 aromatic carbocycles. The van der Waals surface area contributed by atoms with Gasteiger partial charge in [0.2, 0.25) is 0 Å². The van der Waals surface area contributed by atoms with Gasteiger partial charge < -0.3 is 10.8 Å². The topological polar surface area (TPSA) is 63.3 Å². The largest absolute Gasteiger partial charge is 0.481 e. The third kappa shape index (κ3) is 6.33. The van der Waals surface area contributed by atoms with Crippen LogP contribution in [-0.2, 0) is 4.79 Å². The van der Waals surface area contributed by atoms with Crippen LogP contribution in [0.2, 0.25) is 0 Å². The van der Waals surface area contributed by atoms with E-state index in [1.807, 2.05) is 6.92 Å². The first kappa shape index (κ1) is 14.2. The first-order valence-corrected chi connectivity index (χ1v) is 4.81. The summed E-state index contributed by atoms with van der Waals surface area (Å²) in [6.07, 6.45) is -4.53. The van der Waals surface area contributed by atoms with Gasteiger partial charge in [0, 0.05) is 6.04 Å². The lowest BCUT2D eigenvalue weighted by molar-refractivity contribution is -0.185. The molecule has 0 amide bonds. The Hall–Kier alpha value is -0.780. The highest BCUT2D eigenvalue weighted by atomic mass is 19.4. The average molecular weight is 227 g/mol. The fourth-order valence-electron chi connectivity index (χ4n) is 1.40. The maximum atomic E-state index is 12.4. The minimum absolute atomic E-state index is 0.316. The van der Waals surface area contributed by atoms with E-state index in [9.17, 15) is 18.0 Å². The van der Waals surface area contributed by atoms with Gasteiger partial charge in [-0.25, -0.2) is 0 Å². The van der Waals surface area contributed by atoms with Crippen molar-refractivity contribution in [1.82, 2.24) is 0 Å². The van der Waals surface area contributed by atoms with E-state index < -0.39 is 30.5 Å². The average Bonchev–Trinajstić information content (AvgIpc) is 2.00. The molecule has 2 atom stereocenters. The molecule has 3 N–H and O–H groups in total. The van der Waals surface area contributed by atoms with E-state index in [-0.39, 0.29) is 6.42 Å². The van der Waals surface area contributed by atoms with Crippen molar-refractivity contribution in [3.63, 3.8) is 0 Å². The van der Waals surface area contributed by atoms with E-state index in [2.05, 4.69) is 0 Å². The summed E-state index contributed by atoms with van der Waals surface area (Å²) >= 11 is 0.